The minimum atomic E-state index is 0.00950. The van der Waals surface area contributed by atoms with Gasteiger partial charge < -0.3 is 20.3 Å². The Kier molecular flexibility index (Phi) is 9.00. The summed E-state index contributed by atoms with van der Waals surface area (Å²) in [6, 6.07) is 9.09. The van der Waals surface area contributed by atoms with Gasteiger partial charge in [0, 0.05) is 26.7 Å². The van der Waals surface area contributed by atoms with E-state index in [4.69, 9.17) is 4.74 Å². The molecule has 172 valence electrons. The molecular weight excluding hydrogens is 390 g/mol. The topological polar surface area (TPSA) is 69.2 Å². The average molecular weight is 430 g/mol. The van der Waals surface area contributed by atoms with E-state index in [1.54, 1.807) is 26.1 Å². The zero-order valence-electron chi connectivity index (χ0n) is 19.4. The van der Waals surface area contributed by atoms with Crippen molar-refractivity contribution in [3.05, 3.63) is 29.8 Å². The van der Waals surface area contributed by atoms with Gasteiger partial charge in [0.1, 0.15) is 12.3 Å². The molecule has 1 saturated heterocycles. The van der Waals surface area contributed by atoms with E-state index < -0.39 is 0 Å². The first-order valence-corrected chi connectivity index (χ1v) is 11.7. The lowest BCUT2D eigenvalue weighted by Crippen LogP contribution is -2.47. The van der Waals surface area contributed by atoms with Crippen molar-refractivity contribution >= 4 is 11.9 Å². The summed E-state index contributed by atoms with van der Waals surface area (Å²) in [6.45, 7) is 3.13. The number of nitrogens with one attached hydrogen (secondary N) is 2. The first-order chi connectivity index (χ1) is 15.1. The number of carbonyl (C=O) groups is 1. The van der Waals surface area contributed by atoms with E-state index in [9.17, 15) is 4.79 Å². The zero-order chi connectivity index (χ0) is 22.1. The number of amides is 1. The number of hydrogen-bond donors (Lipinski definition) is 2. The highest BCUT2D eigenvalue weighted by Crippen LogP contribution is 2.26. The Bertz CT molecular complexity index is 707. The number of carbonyl (C=O) groups excluding carboxylic acids is 1. The number of ether oxygens (including phenoxy) is 1. The van der Waals surface area contributed by atoms with Gasteiger partial charge in [-0.3, -0.25) is 9.69 Å². The Morgan fingerprint density at radius 2 is 1.81 bits per heavy atom. The molecule has 2 aliphatic rings. The second kappa shape index (κ2) is 11.9. The minimum absolute atomic E-state index is 0.00950. The van der Waals surface area contributed by atoms with Crippen molar-refractivity contribution in [3.63, 3.8) is 0 Å². The lowest BCUT2D eigenvalue weighted by Gasteiger charge is -2.35. The van der Waals surface area contributed by atoms with Gasteiger partial charge in [-0.25, -0.2) is 4.99 Å². The maximum absolute atomic E-state index is 12.1. The first-order valence-electron chi connectivity index (χ1n) is 11.7. The summed E-state index contributed by atoms with van der Waals surface area (Å²) >= 11 is 0. The summed E-state index contributed by atoms with van der Waals surface area (Å²) in [4.78, 5) is 20.9. The molecule has 2 fully saturated rings. The third-order valence-electron chi connectivity index (χ3n) is 6.36. The minimum Gasteiger partial charge on any atom is -0.497 e. The Morgan fingerprint density at radius 1 is 1.13 bits per heavy atom. The first kappa shape index (κ1) is 23.4. The number of likely N-dealkylation sites (tertiary alicyclic amines) is 1. The molecule has 1 aromatic rings. The van der Waals surface area contributed by atoms with Crippen LogP contribution in [0.3, 0.4) is 0 Å². The van der Waals surface area contributed by atoms with Gasteiger partial charge in [0.05, 0.1) is 13.2 Å². The van der Waals surface area contributed by atoms with Crippen LogP contribution in [0.2, 0.25) is 0 Å². The molecule has 1 amide bonds. The predicted octanol–water partition coefficient (Wildman–Crippen LogP) is 2.79. The van der Waals surface area contributed by atoms with Crippen molar-refractivity contribution in [1.29, 1.82) is 0 Å². The molecule has 31 heavy (non-hydrogen) atoms. The van der Waals surface area contributed by atoms with Crippen LogP contribution < -0.4 is 15.4 Å². The maximum atomic E-state index is 12.1. The SMILES string of the molecule is COc1ccc(C(CNC(=NCC(=O)N(C)C)NC2CCCC2)N2CCCCC2)cc1. The zero-order valence-corrected chi connectivity index (χ0v) is 19.4. The Labute approximate surface area is 187 Å². The predicted molar refractivity (Wildman–Crippen MR) is 126 cm³/mol. The van der Waals surface area contributed by atoms with Gasteiger partial charge in [0.15, 0.2) is 5.96 Å². The highest BCUT2D eigenvalue weighted by Gasteiger charge is 2.24. The molecule has 7 nitrogen and oxygen atoms in total. The summed E-state index contributed by atoms with van der Waals surface area (Å²) < 4.78 is 5.35. The lowest BCUT2D eigenvalue weighted by atomic mass is 10.0. The third-order valence-corrected chi connectivity index (χ3v) is 6.36. The van der Waals surface area contributed by atoms with Gasteiger partial charge in [-0.05, 0) is 56.5 Å². The second-order valence-corrected chi connectivity index (χ2v) is 8.85. The standard InChI is InChI=1S/C24H39N5O2/c1-28(2)23(30)18-26-24(27-20-9-5-6-10-20)25-17-22(29-15-7-4-8-16-29)19-11-13-21(31-3)14-12-19/h11-14,20,22H,4-10,15-18H2,1-3H3,(H2,25,26,27). The third kappa shape index (κ3) is 7.13. The molecule has 1 unspecified atom stereocenters. The van der Waals surface area contributed by atoms with Crippen LogP contribution >= 0.6 is 0 Å². The Morgan fingerprint density at radius 3 is 2.42 bits per heavy atom. The summed E-state index contributed by atoms with van der Waals surface area (Å²) in [5.41, 5.74) is 1.28. The van der Waals surface area contributed by atoms with Crippen LogP contribution in [0.5, 0.6) is 5.75 Å². The maximum Gasteiger partial charge on any atom is 0.243 e. The molecule has 1 atom stereocenters. The number of piperidine rings is 1. The molecule has 2 N–H and O–H groups in total. The monoisotopic (exact) mass is 429 g/mol. The molecular formula is C24H39N5O2. The van der Waals surface area contributed by atoms with E-state index in [0.29, 0.717) is 6.04 Å². The van der Waals surface area contributed by atoms with Crippen LogP contribution in [-0.4, -0.2) is 75.1 Å². The van der Waals surface area contributed by atoms with Crippen molar-refractivity contribution < 1.29 is 9.53 Å². The summed E-state index contributed by atoms with van der Waals surface area (Å²) in [6.07, 6.45) is 8.62. The van der Waals surface area contributed by atoms with Crippen LogP contribution in [0.15, 0.2) is 29.3 Å². The van der Waals surface area contributed by atoms with E-state index in [0.717, 1.165) is 44.2 Å². The fourth-order valence-electron chi connectivity index (χ4n) is 4.41. The van der Waals surface area contributed by atoms with Gasteiger partial charge in [-0.15, -0.1) is 0 Å². The van der Waals surface area contributed by atoms with Gasteiger partial charge in [-0.1, -0.05) is 31.4 Å². The van der Waals surface area contributed by atoms with Gasteiger partial charge in [0.25, 0.3) is 0 Å². The average Bonchev–Trinajstić information content (AvgIpc) is 3.31. The molecule has 7 heteroatoms. The van der Waals surface area contributed by atoms with E-state index in [2.05, 4.69) is 32.7 Å². The van der Waals surface area contributed by atoms with Gasteiger partial charge in [0.2, 0.25) is 5.91 Å². The van der Waals surface area contributed by atoms with E-state index in [-0.39, 0.29) is 18.5 Å². The molecule has 1 heterocycles. The van der Waals surface area contributed by atoms with Crippen LogP contribution in [0.25, 0.3) is 0 Å². The normalized spacial score (nSPS) is 19.1. The van der Waals surface area contributed by atoms with Crippen LogP contribution in [-0.2, 0) is 4.79 Å². The summed E-state index contributed by atoms with van der Waals surface area (Å²) in [5.74, 6) is 1.63. The van der Waals surface area contributed by atoms with Gasteiger partial charge >= 0.3 is 0 Å². The molecule has 1 aliphatic heterocycles. The van der Waals surface area contributed by atoms with Crippen LogP contribution in [0.1, 0.15) is 56.6 Å². The number of rotatable bonds is 8. The summed E-state index contributed by atoms with van der Waals surface area (Å²) in [7, 11) is 5.24. The van der Waals surface area contributed by atoms with Crippen molar-refractivity contribution in [2.45, 2.75) is 57.0 Å². The quantitative estimate of drug-likeness (QED) is 0.491. The Balaban J connectivity index is 1.72. The Hall–Kier alpha value is -2.28. The van der Waals surface area contributed by atoms with Gasteiger partial charge in [-0.2, -0.15) is 0 Å². The highest BCUT2D eigenvalue weighted by atomic mass is 16.5. The molecule has 3 rings (SSSR count). The van der Waals surface area contributed by atoms with Crippen LogP contribution in [0.4, 0.5) is 0 Å². The van der Waals surface area contributed by atoms with Crippen molar-refractivity contribution in [2.24, 2.45) is 4.99 Å². The van der Waals surface area contributed by atoms with Crippen molar-refractivity contribution in [1.82, 2.24) is 20.4 Å². The smallest absolute Gasteiger partial charge is 0.243 e. The molecule has 0 aromatic heterocycles. The number of nitrogens with zero attached hydrogens (tertiary/aromatic N) is 3. The number of hydrogen-bond acceptors (Lipinski definition) is 4. The largest absolute Gasteiger partial charge is 0.497 e. The molecule has 1 saturated carbocycles. The highest BCUT2D eigenvalue weighted by molar-refractivity contribution is 5.85. The second-order valence-electron chi connectivity index (χ2n) is 8.85. The summed E-state index contributed by atoms with van der Waals surface area (Å²) in [5, 5.41) is 7.13. The molecule has 0 bridgehead atoms. The fourth-order valence-corrected chi connectivity index (χ4v) is 4.41. The fraction of sp³-hybridized carbons (Fsp3) is 0.667. The molecule has 0 spiro atoms. The van der Waals surface area contributed by atoms with Crippen LogP contribution in [0, 0.1) is 0 Å². The number of guanidine groups is 1. The van der Waals surface area contributed by atoms with E-state index >= 15 is 0 Å². The van der Waals surface area contributed by atoms with E-state index in [1.165, 1.54) is 37.7 Å². The number of methoxy groups -OCH3 is 1. The van der Waals surface area contributed by atoms with Crippen molar-refractivity contribution in [2.75, 3.05) is 47.4 Å². The molecule has 1 aliphatic carbocycles. The van der Waals surface area contributed by atoms with Crippen molar-refractivity contribution in [3.8, 4) is 5.75 Å². The molecule has 1 aromatic carbocycles. The molecule has 0 radical (unpaired) electrons. The number of aliphatic imine (C=N–C) groups is 1. The number of likely N-dealkylation sites (N-methyl/N-ethyl adjacent to an activating group) is 1. The van der Waals surface area contributed by atoms with E-state index in [1.807, 2.05) is 12.1 Å². The number of benzene rings is 1. The lowest BCUT2D eigenvalue weighted by molar-refractivity contribution is -0.127.